The van der Waals surface area contributed by atoms with Gasteiger partial charge in [-0.3, -0.25) is 9.53 Å². The van der Waals surface area contributed by atoms with Gasteiger partial charge in [-0.25, -0.2) is 0 Å². The van der Waals surface area contributed by atoms with Gasteiger partial charge in [0.15, 0.2) is 11.9 Å². The molecule has 2 aliphatic heterocycles. The third-order valence-electron chi connectivity index (χ3n) is 8.35. The molecule has 1 aromatic carbocycles. The number of rotatable bonds is 6. The minimum Gasteiger partial charge on any atom is -0.482 e. The average molecular weight is 500 g/mol. The molecule has 184 valence electrons. The van der Waals surface area contributed by atoms with Gasteiger partial charge in [-0.05, 0) is 55.7 Å². The summed E-state index contributed by atoms with van der Waals surface area (Å²) in [5.41, 5.74) is 1.52. The van der Waals surface area contributed by atoms with Crippen LogP contribution < -0.4 is 4.74 Å². The van der Waals surface area contributed by atoms with Gasteiger partial charge in [0.05, 0.1) is 17.9 Å². The lowest BCUT2D eigenvalue weighted by Crippen LogP contribution is -2.66. The highest BCUT2D eigenvalue weighted by Gasteiger charge is 2.71. The summed E-state index contributed by atoms with van der Waals surface area (Å²) < 4.78 is 46.9. The van der Waals surface area contributed by atoms with Crippen LogP contribution in [0.1, 0.15) is 63.0 Å². The zero-order valence-corrected chi connectivity index (χ0v) is 19.1. The summed E-state index contributed by atoms with van der Waals surface area (Å²) in [5, 5.41) is 15.3. The van der Waals surface area contributed by atoms with Gasteiger partial charge in [0.1, 0.15) is 11.9 Å². The van der Waals surface area contributed by atoms with Gasteiger partial charge in [-0.1, -0.05) is 16.8 Å². The zero-order valence-electron chi connectivity index (χ0n) is 18.3. The van der Waals surface area contributed by atoms with E-state index in [9.17, 15) is 23.1 Å². The van der Waals surface area contributed by atoms with Crippen molar-refractivity contribution in [3.63, 3.8) is 0 Å². The fourth-order valence-corrected chi connectivity index (χ4v) is 6.93. The summed E-state index contributed by atoms with van der Waals surface area (Å²) in [6.07, 6.45) is -2.48. The van der Waals surface area contributed by atoms with E-state index in [2.05, 4.69) is 9.89 Å². The molecule has 4 aliphatic carbocycles. The first-order valence-corrected chi connectivity index (χ1v) is 12.1. The third kappa shape index (κ3) is 3.80. The van der Waals surface area contributed by atoms with Crippen molar-refractivity contribution in [1.82, 2.24) is 0 Å². The molecular formula is C24H25ClF3NO5. The van der Waals surface area contributed by atoms with Crippen molar-refractivity contribution in [2.24, 2.45) is 21.9 Å². The van der Waals surface area contributed by atoms with Crippen LogP contribution in [0.25, 0.3) is 0 Å². The van der Waals surface area contributed by atoms with E-state index in [0.29, 0.717) is 42.0 Å². The molecule has 6 nitrogen and oxygen atoms in total. The lowest BCUT2D eigenvalue weighted by molar-refractivity contribution is -0.356. The Kier molecular flexibility index (Phi) is 5.04. The normalized spacial score (nSPS) is 40.0. The number of hydrogen-bond acceptors (Lipinski definition) is 6. The number of aliphatic hydroxyl groups is 1. The van der Waals surface area contributed by atoms with Gasteiger partial charge in [0, 0.05) is 41.2 Å². The lowest BCUT2D eigenvalue weighted by Gasteiger charge is -2.70. The number of ketones is 1. The van der Waals surface area contributed by atoms with Crippen molar-refractivity contribution in [2.75, 3.05) is 0 Å². The molecule has 0 radical (unpaired) electrons. The van der Waals surface area contributed by atoms with Crippen LogP contribution in [-0.4, -0.2) is 41.3 Å². The van der Waals surface area contributed by atoms with Crippen LogP contribution in [0.2, 0.25) is 5.02 Å². The number of benzene rings is 1. The SMILES string of the molecule is O=C(CC12CC(C3=NOC(C4CC(OC(F)(F)F)C4)C3)(C1)C2)[C@@H]1C[C@@H](O)c2cc(Cl)ccc2O1. The summed E-state index contributed by atoms with van der Waals surface area (Å²) >= 11 is 6.00. The van der Waals surface area contributed by atoms with Crippen molar-refractivity contribution < 1.29 is 37.4 Å². The van der Waals surface area contributed by atoms with Crippen molar-refractivity contribution in [3.8, 4) is 5.75 Å². The van der Waals surface area contributed by atoms with Crippen LogP contribution in [0, 0.1) is 16.7 Å². The van der Waals surface area contributed by atoms with E-state index < -0.39 is 24.7 Å². The molecule has 0 saturated heterocycles. The minimum absolute atomic E-state index is 0.000566. The Balaban J connectivity index is 0.988. The highest BCUT2D eigenvalue weighted by molar-refractivity contribution is 6.30. The van der Waals surface area contributed by atoms with Crippen LogP contribution in [0.3, 0.4) is 0 Å². The summed E-state index contributed by atoms with van der Waals surface area (Å²) in [4.78, 5) is 18.6. The van der Waals surface area contributed by atoms with Crippen LogP contribution in [0.15, 0.2) is 23.4 Å². The fourth-order valence-electron chi connectivity index (χ4n) is 6.75. The molecule has 2 bridgehead atoms. The number of alkyl halides is 3. The number of aliphatic hydroxyl groups excluding tert-OH is 1. The fraction of sp³-hybridized carbons (Fsp3) is 0.667. The molecule has 0 aromatic heterocycles. The number of Topliss-reactive ketones (excluding diaryl/α,β-unsaturated/α-hetero) is 1. The van der Waals surface area contributed by atoms with Gasteiger partial charge in [0.2, 0.25) is 0 Å². The van der Waals surface area contributed by atoms with Crippen LogP contribution in [0.5, 0.6) is 5.75 Å². The largest absolute Gasteiger partial charge is 0.522 e. The number of carbonyl (C=O) groups is 1. The van der Waals surface area contributed by atoms with E-state index in [0.717, 1.165) is 25.0 Å². The smallest absolute Gasteiger partial charge is 0.482 e. The monoisotopic (exact) mass is 499 g/mol. The zero-order chi connectivity index (χ0) is 23.9. The van der Waals surface area contributed by atoms with E-state index in [1.54, 1.807) is 18.2 Å². The Morgan fingerprint density at radius 1 is 1.24 bits per heavy atom. The Hall–Kier alpha value is -1.84. The van der Waals surface area contributed by atoms with Crippen molar-refractivity contribution >= 4 is 23.1 Å². The third-order valence-corrected chi connectivity index (χ3v) is 8.58. The molecule has 0 amide bonds. The second kappa shape index (κ2) is 7.58. The molecule has 1 N–H and O–H groups in total. The van der Waals surface area contributed by atoms with E-state index in [1.165, 1.54) is 0 Å². The Labute approximate surface area is 199 Å². The van der Waals surface area contributed by atoms with Gasteiger partial charge in [0.25, 0.3) is 0 Å². The average Bonchev–Trinajstić information content (AvgIpc) is 3.14. The molecule has 0 spiro atoms. The minimum atomic E-state index is -4.59. The summed E-state index contributed by atoms with van der Waals surface area (Å²) in [6, 6.07) is 5.03. The molecule has 4 saturated carbocycles. The summed E-state index contributed by atoms with van der Waals surface area (Å²) in [6.45, 7) is 0. The molecule has 7 rings (SSSR count). The highest BCUT2D eigenvalue weighted by atomic mass is 35.5. The number of carbonyl (C=O) groups excluding carboxylic acids is 1. The van der Waals surface area contributed by atoms with E-state index in [1.807, 2.05) is 0 Å². The molecular weight excluding hydrogens is 475 g/mol. The number of hydrogen-bond donors (Lipinski definition) is 1. The van der Waals surface area contributed by atoms with Crippen LogP contribution >= 0.6 is 11.6 Å². The van der Waals surface area contributed by atoms with Gasteiger partial charge in [-0.2, -0.15) is 0 Å². The van der Waals surface area contributed by atoms with Crippen LogP contribution in [0.4, 0.5) is 13.2 Å². The first-order valence-electron chi connectivity index (χ1n) is 11.7. The first kappa shape index (κ1) is 22.6. The number of oxime groups is 1. The summed E-state index contributed by atoms with van der Waals surface area (Å²) in [7, 11) is 0. The number of halogens is 4. The van der Waals surface area contributed by atoms with Crippen molar-refractivity contribution in [3.05, 3.63) is 28.8 Å². The molecule has 3 atom stereocenters. The standard InChI is InChI=1S/C24H25ClF3NO5/c25-13-1-2-18-15(5-13)16(30)6-20(32-18)17(31)8-22-9-23(10-22,11-22)21-7-19(34-29-21)12-3-14(4-12)33-24(26,27)28/h1-2,5,12,14,16,19-20,30H,3-4,6-11H2/t12?,14?,16-,19?,20+,22?,23?/m1/s1. The second-order valence-electron chi connectivity index (χ2n) is 10.8. The Bertz CT molecular complexity index is 1030. The quantitative estimate of drug-likeness (QED) is 0.588. The Morgan fingerprint density at radius 3 is 2.68 bits per heavy atom. The molecule has 6 aliphatic rings. The maximum absolute atomic E-state index is 13.0. The lowest BCUT2D eigenvalue weighted by atomic mass is 9.32. The number of fused-ring (bicyclic) bond motifs is 1. The first-order chi connectivity index (χ1) is 16.0. The topological polar surface area (TPSA) is 77.4 Å². The van der Waals surface area contributed by atoms with E-state index >= 15 is 0 Å². The summed E-state index contributed by atoms with van der Waals surface area (Å²) in [5.74, 6) is 0.530. The maximum Gasteiger partial charge on any atom is 0.522 e. The van der Waals surface area contributed by atoms with Crippen LogP contribution in [-0.2, 0) is 14.4 Å². The van der Waals surface area contributed by atoms with Crippen molar-refractivity contribution in [2.45, 2.75) is 82.1 Å². The van der Waals surface area contributed by atoms with Gasteiger partial charge in [-0.15, -0.1) is 13.2 Å². The number of ether oxygens (including phenoxy) is 2. The molecule has 10 heteroatoms. The molecule has 2 heterocycles. The Morgan fingerprint density at radius 2 is 1.97 bits per heavy atom. The van der Waals surface area contributed by atoms with E-state index in [-0.39, 0.29) is 35.1 Å². The maximum atomic E-state index is 13.0. The molecule has 1 unspecified atom stereocenters. The van der Waals surface area contributed by atoms with Crippen molar-refractivity contribution in [1.29, 1.82) is 0 Å². The predicted molar refractivity (Wildman–Crippen MR) is 114 cm³/mol. The highest BCUT2D eigenvalue weighted by Crippen LogP contribution is 2.76. The molecule has 34 heavy (non-hydrogen) atoms. The molecule has 1 aromatic rings. The van der Waals surface area contributed by atoms with Gasteiger partial charge < -0.3 is 14.7 Å². The van der Waals surface area contributed by atoms with E-state index in [4.69, 9.17) is 21.2 Å². The second-order valence-corrected chi connectivity index (χ2v) is 11.2. The number of nitrogens with zero attached hydrogens (tertiary/aromatic N) is 1. The predicted octanol–water partition coefficient (Wildman–Crippen LogP) is 5.11. The molecule has 4 fully saturated rings. The van der Waals surface area contributed by atoms with Gasteiger partial charge >= 0.3 is 6.36 Å².